The summed E-state index contributed by atoms with van der Waals surface area (Å²) in [6.07, 6.45) is 4.98. The first-order valence-electron chi connectivity index (χ1n) is 6.07. The highest BCUT2D eigenvalue weighted by Crippen LogP contribution is 2.14. The second-order valence-corrected chi connectivity index (χ2v) is 5.90. The average molecular weight is 294 g/mol. The molecule has 1 aliphatic heterocycles. The van der Waals surface area contributed by atoms with Gasteiger partial charge in [0, 0.05) is 47.8 Å². The Hall–Kier alpha value is -2.07. The zero-order chi connectivity index (χ0) is 13.9. The Labute approximate surface area is 117 Å². The van der Waals surface area contributed by atoms with Crippen LogP contribution in [0.2, 0.25) is 0 Å². The van der Waals surface area contributed by atoms with Crippen LogP contribution in [0.1, 0.15) is 0 Å². The van der Waals surface area contributed by atoms with Gasteiger partial charge < -0.3 is 4.90 Å². The maximum absolute atomic E-state index is 11.4. The Morgan fingerprint density at radius 1 is 1.20 bits per heavy atom. The first-order chi connectivity index (χ1) is 9.76. The van der Waals surface area contributed by atoms with E-state index in [1.165, 1.54) is 0 Å². The van der Waals surface area contributed by atoms with Crippen LogP contribution >= 0.6 is 0 Å². The molecule has 3 rings (SSSR count). The zero-order valence-electron chi connectivity index (χ0n) is 10.6. The Morgan fingerprint density at radius 2 is 1.95 bits per heavy atom. The minimum absolute atomic E-state index is 0.283. The van der Waals surface area contributed by atoms with Crippen molar-refractivity contribution in [2.75, 3.05) is 34.9 Å². The summed E-state index contributed by atoms with van der Waals surface area (Å²) in [6, 6.07) is 0. The van der Waals surface area contributed by atoms with Crippen LogP contribution in [0.3, 0.4) is 0 Å². The number of nitrogens with zero attached hydrogens (tertiary/aromatic N) is 6. The van der Waals surface area contributed by atoms with E-state index in [0.29, 0.717) is 36.5 Å². The van der Waals surface area contributed by atoms with E-state index in [4.69, 9.17) is 5.84 Å². The van der Waals surface area contributed by atoms with E-state index in [0.717, 1.165) is 0 Å². The van der Waals surface area contributed by atoms with Crippen molar-refractivity contribution in [3.63, 3.8) is 0 Å². The summed E-state index contributed by atoms with van der Waals surface area (Å²) in [4.78, 5) is 18.8. The van der Waals surface area contributed by atoms with Crippen LogP contribution in [-0.4, -0.2) is 53.3 Å². The monoisotopic (exact) mass is 294 g/mol. The lowest BCUT2D eigenvalue weighted by Gasteiger charge is -2.26. The smallest absolute Gasteiger partial charge is 0.243 e. The van der Waals surface area contributed by atoms with Crippen LogP contribution in [-0.2, 0) is 10.8 Å². The van der Waals surface area contributed by atoms with E-state index in [9.17, 15) is 4.21 Å². The molecular formula is C10H14N8OS. The topological polar surface area (TPSA) is 115 Å². The number of hydrogen-bond acceptors (Lipinski definition) is 8. The van der Waals surface area contributed by atoms with Crippen LogP contribution in [0.5, 0.6) is 0 Å². The van der Waals surface area contributed by atoms with Gasteiger partial charge in [-0.1, -0.05) is 0 Å². The molecule has 2 aromatic rings. The second kappa shape index (κ2) is 5.51. The average Bonchev–Trinajstić information content (AvgIpc) is 3.02. The van der Waals surface area contributed by atoms with E-state index >= 15 is 0 Å². The normalized spacial score (nSPS) is 16.4. The predicted molar refractivity (Wildman–Crippen MR) is 74.8 cm³/mol. The molecule has 10 heteroatoms. The molecule has 0 amide bonds. The number of imidazole rings is 1. The summed E-state index contributed by atoms with van der Waals surface area (Å²) in [5.74, 6) is 7.88. The fourth-order valence-corrected chi connectivity index (χ4v) is 2.94. The molecule has 2 aromatic heterocycles. The van der Waals surface area contributed by atoms with Crippen molar-refractivity contribution in [2.24, 2.45) is 5.84 Å². The van der Waals surface area contributed by atoms with Gasteiger partial charge in [-0.2, -0.15) is 15.0 Å². The van der Waals surface area contributed by atoms with Crippen LogP contribution < -0.4 is 16.2 Å². The predicted octanol–water partition coefficient (Wildman–Crippen LogP) is -1.09. The quantitative estimate of drug-likeness (QED) is 0.542. The van der Waals surface area contributed by atoms with Gasteiger partial charge in [0.2, 0.25) is 17.8 Å². The van der Waals surface area contributed by atoms with Crippen molar-refractivity contribution in [3.05, 3.63) is 18.7 Å². The fourth-order valence-electron chi connectivity index (χ4n) is 1.89. The summed E-state index contributed by atoms with van der Waals surface area (Å²) in [7, 11) is -0.745. The second-order valence-electron chi connectivity index (χ2n) is 4.21. The van der Waals surface area contributed by atoms with Gasteiger partial charge in [-0.05, 0) is 0 Å². The first kappa shape index (κ1) is 12.9. The lowest BCUT2D eigenvalue weighted by molar-refractivity contribution is 0.670. The largest absolute Gasteiger partial charge is 0.339 e. The third kappa shape index (κ3) is 2.60. The van der Waals surface area contributed by atoms with Crippen molar-refractivity contribution >= 4 is 22.7 Å². The SMILES string of the molecule is NNc1nc(N2CCS(=O)CC2)nc(-n2ccnc2)n1. The molecule has 0 aromatic carbocycles. The number of hydrogen-bond donors (Lipinski definition) is 2. The number of nitrogens with one attached hydrogen (secondary N) is 1. The molecule has 0 spiro atoms. The Balaban J connectivity index is 1.94. The minimum atomic E-state index is -0.745. The molecule has 9 nitrogen and oxygen atoms in total. The highest BCUT2D eigenvalue weighted by atomic mass is 32.2. The highest BCUT2D eigenvalue weighted by Gasteiger charge is 2.19. The fraction of sp³-hybridized carbons (Fsp3) is 0.400. The van der Waals surface area contributed by atoms with E-state index in [-0.39, 0.29) is 5.95 Å². The van der Waals surface area contributed by atoms with E-state index in [2.05, 4.69) is 25.4 Å². The molecule has 0 saturated carbocycles. The molecule has 20 heavy (non-hydrogen) atoms. The summed E-state index contributed by atoms with van der Waals surface area (Å²) < 4.78 is 13.1. The third-order valence-corrected chi connectivity index (χ3v) is 4.21. The van der Waals surface area contributed by atoms with Crippen LogP contribution in [0, 0.1) is 0 Å². The van der Waals surface area contributed by atoms with Crippen LogP contribution in [0.25, 0.3) is 5.95 Å². The molecule has 1 aliphatic rings. The number of rotatable bonds is 3. The van der Waals surface area contributed by atoms with E-state index in [1.807, 2.05) is 4.90 Å². The van der Waals surface area contributed by atoms with Crippen molar-refractivity contribution in [1.29, 1.82) is 0 Å². The third-order valence-electron chi connectivity index (χ3n) is 2.94. The van der Waals surface area contributed by atoms with E-state index in [1.54, 1.807) is 23.3 Å². The molecule has 3 heterocycles. The molecular weight excluding hydrogens is 280 g/mol. The molecule has 106 valence electrons. The number of nitrogen functional groups attached to an aromatic ring is 1. The van der Waals surface area contributed by atoms with Gasteiger partial charge in [-0.15, -0.1) is 0 Å². The molecule has 0 radical (unpaired) electrons. The summed E-state index contributed by atoms with van der Waals surface area (Å²) in [6.45, 7) is 1.31. The van der Waals surface area contributed by atoms with Crippen molar-refractivity contribution in [1.82, 2.24) is 24.5 Å². The number of hydrazine groups is 1. The van der Waals surface area contributed by atoms with Crippen molar-refractivity contribution in [2.45, 2.75) is 0 Å². The van der Waals surface area contributed by atoms with Gasteiger partial charge in [-0.25, -0.2) is 10.8 Å². The highest BCUT2D eigenvalue weighted by molar-refractivity contribution is 7.85. The van der Waals surface area contributed by atoms with Crippen molar-refractivity contribution < 1.29 is 4.21 Å². The minimum Gasteiger partial charge on any atom is -0.339 e. The summed E-state index contributed by atoms with van der Waals surface area (Å²) in [5, 5.41) is 0. The summed E-state index contributed by atoms with van der Waals surface area (Å²) >= 11 is 0. The zero-order valence-corrected chi connectivity index (χ0v) is 11.5. The molecule has 3 N–H and O–H groups in total. The summed E-state index contributed by atoms with van der Waals surface area (Å²) in [5.41, 5.74) is 2.43. The molecule has 1 saturated heterocycles. The van der Waals surface area contributed by atoms with Crippen molar-refractivity contribution in [3.8, 4) is 5.95 Å². The first-order valence-corrected chi connectivity index (χ1v) is 7.56. The Kier molecular flexibility index (Phi) is 3.56. The molecule has 0 unspecified atom stereocenters. The Bertz CT molecular complexity index is 606. The van der Waals surface area contributed by atoms with Gasteiger partial charge in [0.15, 0.2) is 0 Å². The van der Waals surface area contributed by atoms with E-state index < -0.39 is 10.8 Å². The number of aromatic nitrogens is 5. The maximum Gasteiger partial charge on any atom is 0.243 e. The molecule has 0 aliphatic carbocycles. The van der Waals surface area contributed by atoms with Gasteiger partial charge >= 0.3 is 0 Å². The Morgan fingerprint density at radius 3 is 2.60 bits per heavy atom. The van der Waals surface area contributed by atoms with Gasteiger partial charge in [0.25, 0.3) is 0 Å². The molecule has 1 fully saturated rings. The lowest BCUT2D eigenvalue weighted by Crippen LogP contribution is -2.39. The van der Waals surface area contributed by atoms with Crippen LogP contribution in [0.15, 0.2) is 18.7 Å². The maximum atomic E-state index is 11.4. The molecule has 0 bridgehead atoms. The lowest BCUT2D eigenvalue weighted by atomic mass is 10.5. The van der Waals surface area contributed by atoms with Gasteiger partial charge in [0.1, 0.15) is 6.33 Å². The molecule has 0 atom stereocenters. The number of nitrogens with two attached hydrogens (primary N) is 1. The van der Waals surface area contributed by atoms with Crippen LogP contribution in [0.4, 0.5) is 11.9 Å². The van der Waals surface area contributed by atoms with Gasteiger partial charge in [-0.3, -0.25) is 14.2 Å². The number of anilines is 2. The van der Waals surface area contributed by atoms with Gasteiger partial charge in [0.05, 0.1) is 0 Å². The standard InChI is InChI=1S/C10H14N8OS/c11-16-8-13-9(17-3-5-20(19)6-4-17)15-10(14-8)18-2-1-12-7-18/h1-2,7H,3-6,11H2,(H,13,14,15,16).